The van der Waals surface area contributed by atoms with Crippen molar-refractivity contribution < 1.29 is 14.3 Å². The van der Waals surface area contributed by atoms with Gasteiger partial charge in [-0.2, -0.15) is 0 Å². The van der Waals surface area contributed by atoms with E-state index in [1.807, 2.05) is 25.1 Å². The SMILES string of the molecule is CCCOC(=O)CCCC(=O)NCCc1cccc2ccccc12. The molecule has 0 aliphatic heterocycles. The van der Waals surface area contributed by atoms with E-state index in [0.717, 1.165) is 12.8 Å². The molecule has 0 aromatic heterocycles. The second kappa shape index (κ2) is 9.71. The lowest BCUT2D eigenvalue weighted by atomic mass is 10.0. The Labute approximate surface area is 143 Å². The third-order valence-electron chi connectivity index (χ3n) is 3.85. The van der Waals surface area contributed by atoms with Crippen molar-refractivity contribution in [1.82, 2.24) is 5.32 Å². The number of esters is 1. The molecule has 1 amide bonds. The molecule has 2 rings (SSSR count). The largest absolute Gasteiger partial charge is 0.466 e. The van der Waals surface area contributed by atoms with Gasteiger partial charge >= 0.3 is 5.97 Å². The van der Waals surface area contributed by atoms with Crippen molar-refractivity contribution in [2.45, 2.75) is 39.0 Å². The van der Waals surface area contributed by atoms with Crippen molar-refractivity contribution in [2.75, 3.05) is 13.2 Å². The molecule has 128 valence electrons. The number of hydrogen-bond acceptors (Lipinski definition) is 3. The van der Waals surface area contributed by atoms with Crippen LogP contribution in [-0.2, 0) is 20.7 Å². The van der Waals surface area contributed by atoms with Crippen molar-refractivity contribution in [3.05, 3.63) is 48.0 Å². The molecule has 0 aliphatic rings. The molecular weight excluding hydrogens is 302 g/mol. The molecule has 2 aromatic carbocycles. The number of nitrogens with one attached hydrogen (secondary N) is 1. The molecular formula is C20H25NO3. The highest BCUT2D eigenvalue weighted by Gasteiger charge is 2.06. The highest BCUT2D eigenvalue weighted by atomic mass is 16.5. The van der Waals surface area contributed by atoms with Crippen molar-refractivity contribution in [3.63, 3.8) is 0 Å². The number of carbonyl (C=O) groups is 2. The first-order valence-electron chi connectivity index (χ1n) is 8.59. The van der Waals surface area contributed by atoms with Crippen LogP contribution >= 0.6 is 0 Å². The van der Waals surface area contributed by atoms with Gasteiger partial charge in [0, 0.05) is 19.4 Å². The first-order valence-corrected chi connectivity index (χ1v) is 8.59. The Balaban J connectivity index is 1.70. The summed E-state index contributed by atoms with van der Waals surface area (Å²) in [6.07, 6.45) is 2.81. The number of hydrogen-bond donors (Lipinski definition) is 1. The lowest BCUT2D eigenvalue weighted by Crippen LogP contribution is -2.25. The normalized spacial score (nSPS) is 10.5. The minimum absolute atomic E-state index is 0.0153. The first-order chi connectivity index (χ1) is 11.7. The predicted molar refractivity (Wildman–Crippen MR) is 95.8 cm³/mol. The van der Waals surface area contributed by atoms with E-state index in [4.69, 9.17) is 4.74 Å². The maximum atomic E-state index is 11.8. The maximum absolute atomic E-state index is 11.8. The summed E-state index contributed by atoms with van der Waals surface area (Å²) in [5.74, 6) is -0.237. The zero-order chi connectivity index (χ0) is 17.2. The monoisotopic (exact) mass is 327 g/mol. The Kier molecular flexibility index (Phi) is 7.27. The van der Waals surface area contributed by atoms with Gasteiger partial charge in [0.15, 0.2) is 0 Å². The number of carbonyl (C=O) groups excluding carboxylic acids is 2. The molecule has 1 N–H and O–H groups in total. The standard InChI is InChI=1S/C20H25NO3/c1-2-15-24-20(23)12-6-11-19(22)21-14-13-17-9-5-8-16-7-3-4-10-18(16)17/h3-5,7-10H,2,6,11-15H2,1H3,(H,21,22). The van der Waals surface area contributed by atoms with Gasteiger partial charge in [0.05, 0.1) is 6.61 Å². The fourth-order valence-electron chi connectivity index (χ4n) is 2.62. The molecule has 0 fully saturated rings. The summed E-state index contributed by atoms with van der Waals surface area (Å²) in [6.45, 7) is 3.01. The van der Waals surface area contributed by atoms with Crippen LogP contribution in [0.4, 0.5) is 0 Å². The van der Waals surface area contributed by atoms with Crippen LogP contribution in [0.25, 0.3) is 10.8 Å². The van der Waals surface area contributed by atoms with E-state index in [0.29, 0.717) is 32.4 Å². The van der Waals surface area contributed by atoms with E-state index in [1.54, 1.807) is 0 Å². The minimum atomic E-state index is -0.222. The molecule has 0 saturated heterocycles. The zero-order valence-electron chi connectivity index (χ0n) is 14.2. The molecule has 0 unspecified atom stereocenters. The average molecular weight is 327 g/mol. The average Bonchev–Trinajstić information content (AvgIpc) is 2.60. The molecule has 0 heterocycles. The van der Waals surface area contributed by atoms with Gasteiger partial charge < -0.3 is 10.1 Å². The van der Waals surface area contributed by atoms with Crippen LogP contribution in [0.15, 0.2) is 42.5 Å². The van der Waals surface area contributed by atoms with Gasteiger partial charge in [0.1, 0.15) is 0 Å². The van der Waals surface area contributed by atoms with E-state index in [-0.39, 0.29) is 11.9 Å². The van der Waals surface area contributed by atoms with Gasteiger partial charge in [-0.05, 0) is 35.6 Å². The van der Waals surface area contributed by atoms with E-state index >= 15 is 0 Å². The van der Waals surface area contributed by atoms with Crippen LogP contribution in [0.5, 0.6) is 0 Å². The van der Waals surface area contributed by atoms with Gasteiger partial charge in [-0.3, -0.25) is 9.59 Å². The molecule has 24 heavy (non-hydrogen) atoms. The fraction of sp³-hybridized carbons (Fsp3) is 0.400. The van der Waals surface area contributed by atoms with Gasteiger partial charge in [0.2, 0.25) is 5.91 Å². The van der Waals surface area contributed by atoms with Crippen LogP contribution < -0.4 is 5.32 Å². The summed E-state index contributed by atoms with van der Waals surface area (Å²) < 4.78 is 4.98. The van der Waals surface area contributed by atoms with E-state index in [9.17, 15) is 9.59 Å². The predicted octanol–water partition coefficient (Wildman–Crippen LogP) is 3.62. The summed E-state index contributed by atoms with van der Waals surface area (Å²) in [5.41, 5.74) is 1.23. The van der Waals surface area contributed by atoms with Crippen LogP contribution in [0.2, 0.25) is 0 Å². The summed E-state index contributed by atoms with van der Waals surface area (Å²) in [5, 5.41) is 5.37. The molecule has 0 aliphatic carbocycles. The summed E-state index contributed by atoms with van der Waals surface area (Å²) in [4.78, 5) is 23.2. The second-order valence-electron chi connectivity index (χ2n) is 5.81. The topological polar surface area (TPSA) is 55.4 Å². The molecule has 0 saturated carbocycles. The molecule has 4 nitrogen and oxygen atoms in total. The Morgan fingerprint density at radius 3 is 2.67 bits per heavy atom. The quantitative estimate of drug-likeness (QED) is 0.716. The molecule has 2 aromatic rings. The van der Waals surface area contributed by atoms with E-state index in [1.165, 1.54) is 16.3 Å². The number of benzene rings is 2. The molecule has 0 spiro atoms. The van der Waals surface area contributed by atoms with Crippen LogP contribution in [0.1, 0.15) is 38.2 Å². The van der Waals surface area contributed by atoms with Crippen molar-refractivity contribution in [3.8, 4) is 0 Å². The van der Waals surface area contributed by atoms with Gasteiger partial charge in [-0.25, -0.2) is 0 Å². The zero-order valence-corrected chi connectivity index (χ0v) is 14.2. The third kappa shape index (κ3) is 5.69. The molecule has 4 heteroatoms. The van der Waals surface area contributed by atoms with Crippen LogP contribution in [0.3, 0.4) is 0 Å². The van der Waals surface area contributed by atoms with E-state index < -0.39 is 0 Å². The molecule has 0 radical (unpaired) electrons. The molecule has 0 bridgehead atoms. The highest BCUT2D eigenvalue weighted by Crippen LogP contribution is 2.18. The Bertz CT molecular complexity index is 676. The number of amides is 1. The van der Waals surface area contributed by atoms with Gasteiger partial charge in [0.25, 0.3) is 0 Å². The lowest BCUT2D eigenvalue weighted by Gasteiger charge is -2.08. The minimum Gasteiger partial charge on any atom is -0.466 e. The fourth-order valence-corrected chi connectivity index (χ4v) is 2.62. The van der Waals surface area contributed by atoms with Gasteiger partial charge in [-0.15, -0.1) is 0 Å². The Morgan fingerprint density at radius 1 is 1.04 bits per heavy atom. The van der Waals surface area contributed by atoms with Crippen molar-refractivity contribution in [2.24, 2.45) is 0 Å². The van der Waals surface area contributed by atoms with Crippen molar-refractivity contribution in [1.29, 1.82) is 0 Å². The molecule has 0 atom stereocenters. The van der Waals surface area contributed by atoms with Crippen LogP contribution in [-0.4, -0.2) is 25.0 Å². The second-order valence-corrected chi connectivity index (χ2v) is 5.81. The highest BCUT2D eigenvalue weighted by molar-refractivity contribution is 5.85. The van der Waals surface area contributed by atoms with Gasteiger partial charge in [-0.1, -0.05) is 49.4 Å². The van der Waals surface area contributed by atoms with Crippen LogP contribution in [0, 0.1) is 0 Å². The maximum Gasteiger partial charge on any atom is 0.305 e. The number of ether oxygens (including phenoxy) is 1. The third-order valence-corrected chi connectivity index (χ3v) is 3.85. The lowest BCUT2D eigenvalue weighted by molar-refractivity contribution is -0.143. The smallest absolute Gasteiger partial charge is 0.305 e. The van der Waals surface area contributed by atoms with E-state index in [2.05, 4.69) is 29.6 Å². The summed E-state index contributed by atoms with van der Waals surface area (Å²) in [6, 6.07) is 14.5. The Hall–Kier alpha value is -2.36. The Morgan fingerprint density at radius 2 is 1.83 bits per heavy atom. The number of rotatable bonds is 9. The summed E-state index contributed by atoms with van der Waals surface area (Å²) in [7, 11) is 0. The summed E-state index contributed by atoms with van der Waals surface area (Å²) >= 11 is 0. The first kappa shape index (κ1) is 18.0. The van der Waals surface area contributed by atoms with Crippen molar-refractivity contribution >= 4 is 22.6 Å². The number of fused-ring (bicyclic) bond motifs is 1.